The van der Waals surface area contributed by atoms with E-state index >= 15 is 0 Å². The molecule has 0 bridgehead atoms. The summed E-state index contributed by atoms with van der Waals surface area (Å²) in [5.74, 6) is -0.310. The van der Waals surface area contributed by atoms with Crippen molar-refractivity contribution < 1.29 is 9.59 Å². The summed E-state index contributed by atoms with van der Waals surface area (Å²) >= 11 is 0. The Balaban J connectivity index is 1.77. The van der Waals surface area contributed by atoms with Crippen molar-refractivity contribution in [3.05, 3.63) is 102 Å². The van der Waals surface area contributed by atoms with Gasteiger partial charge >= 0.3 is 0 Å². The van der Waals surface area contributed by atoms with Crippen LogP contribution in [0.5, 0.6) is 0 Å². The minimum absolute atomic E-state index is 0.105. The average molecular weight is 401 g/mol. The fraction of sp³-hybridized carbons (Fsp3) is 0.231. The Kier molecular flexibility index (Phi) is 7.78. The fourth-order valence-corrected chi connectivity index (χ4v) is 3.38. The van der Waals surface area contributed by atoms with Crippen molar-refractivity contribution in [1.29, 1.82) is 0 Å². The van der Waals surface area contributed by atoms with Crippen LogP contribution in [0.15, 0.2) is 84.9 Å². The van der Waals surface area contributed by atoms with Gasteiger partial charge in [0.25, 0.3) is 0 Å². The van der Waals surface area contributed by atoms with Crippen LogP contribution in [0.1, 0.15) is 36.5 Å². The third-order valence-electron chi connectivity index (χ3n) is 4.92. The molecule has 0 fully saturated rings. The van der Waals surface area contributed by atoms with Crippen LogP contribution < -0.4 is 10.6 Å². The number of nitrogens with one attached hydrogen (secondary N) is 2. The maximum atomic E-state index is 13.1. The number of hydrogen-bond donors (Lipinski definition) is 2. The molecule has 4 heteroatoms. The highest BCUT2D eigenvalue weighted by atomic mass is 16.2. The molecule has 0 saturated heterocycles. The highest BCUT2D eigenvalue weighted by Gasteiger charge is 2.22. The first kappa shape index (κ1) is 21.3. The van der Waals surface area contributed by atoms with Crippen LogP contribution in [-0.2, 0) is 22.4 Å². The van der Waals surface area contributed by atoms with Gasteiger partial charge in [-0.25, -0.2) is 0 Å². The molecule has 154 valence electrons. The summed E-state index contributed by atoms with van der Waals surface area (Å²) in [4.78, 5) is 25.4. The van der Waals surface area contributed by atoms with Crippen molar-refractivity contribution in [2.45, 2.75) is 38.6 Å². The summed E-state index contributed by atoms with van der Waals surface area (Å²) in [6.45, 7) is 1.95. The molecule has 3 aromatic carbocycles. The van der Waals surface area contributed by atoms with Crippen molar-refractivity contribution in [3.63, 3.8) is 0 Å². The first-order valence-electron chi connectivity index (χ1n) is 10.4. The molecule has 30 heavy (non-hydrogen) atoms. The summed E-state index contributed by atoms with van der Waals surface area (Å²) in [5.41, 5.74) is 3.99. The van der Waals surface area contributed by atoms with E-state index < -0.39 is 6.04 Å². The highest BCUT2D eigenvalue weighted by Crippen LogP contribution is 2.20. The maximum absolute atomic E-state index is 13.1. The maximum Gasteiger partial charge on any atom is 0.247 e. The molecular formula is C26H28N2O2. The predicted molar refractivity (Wildman–Crippen MR) is 121 cm³/mol. The van der Waals surface area contributed by atoms with E-state index in [-0.39, 0.29) is 11.8 Å². The van der Waals surface area contributed by atoms with Crippen LogP contribution in [0.25, 0.3) is 0 Å². The molecule has 0 aliphatic carbocycles. The Morgan fingerprint density at radius 1 is 0.800 bits per heavy atom. The molecule has 1 atom stereocenters. The molecule has 0 radical (unpaired) electrons. The van der Waals surface area contributed by atoms with Crippen LogP contribution in [0, 0.1) is 0 Å². The molecular weight excluding hydrogens is 372 g/mol. The van der Waals surface area contributed by atoms with Crippen molar-refractivity contribution in [3.8, 4) is 0 Å². The van der Waals surface area contributed by atoms with E-state index in [0.29, 0.717) is 12.8 Å². The first-order valence-corrected chi connectivity index (χ1v) is 10.4. The monoisotopic (exact) mass is 400 g/mol. The Morgan fingerprint density at radius 2 is 1.40 bits per heavy atom. The Labute approximate surface area is 178 Å². The first-order chi connectivity index (χ1) is 14.7. The van der Waals surface area contributed by atoms with Gasteiger partial charge in [0.1, 0.15) is 6.04 Å². The number of carbonyl (C=O) groups excluding carboxylic acids is 2. The van der Waals surface area contributed by atoms with Gasteiger partial charge in [0.15, 0.2) is 0 Å². The van der Waals surface area contributed by atoms with Crippen LogP contribution in [0.2, 0.25) is 0 Å². The van der Waals surface area contributed by atoms with E-state index in [4.69, 9.17) is 0 Å². The standard InChI is InChI=1S/C26H28N2O2/c1-2-11-25(29)27-24(19-21-14-7-4-8-15-21)26(30)28-23-17-10-9-16-22(23)18-20-12-5-3-6-13-20/h3-10,12-17,24H,2,11,18-19H2,1H3,(H,27,29)(H,28,30). The molecule has 0 aliphatic heterocycles. The third kappa shape index (κ3) is 6.31. The van der Waals surface area contributed by atoms with Crippen LogP contribution in [0.4, 0.5) is 5.69 Å². The zero-order valence-electron chi connectivity index (χ0n) is 17.3. The van der Waals surface area contributed by atoms with Gasteiger partial charge in [-0.15, -0.1) is 0 Å². The van der Waals surface area contributed by atoms with Gasteiger partial charge in [-0.3, -0.25) is 9.59 Å². The molecule has 0 aromatic heterocycles. The second kappa shape index (κ2) is 11.0. The summed E-state index contributed by atoms with van der Waals surface area (Å²) in [5, 5.41) is 5.95. The zero-order valence-corrected chi connectivity index (χ0v) is 17.3. The Bertz CT molecular complexity index is 955. The lowest BCUT2D eigenvalue weighted by atomic mass is 10.0. The number of amides is 2. The zero-order chi connectivity index (χ0) is 21.2. The lowest BCUT2D eigenvalue weighted by Crippen LogP contribution is -2.45. The van der Waals surface area contributed by atoms with Gasteiger partial charge in [-0.05, 0) is 35.6 Å². The topological polar surface area (TPSA) is 58.2 Å². The van der Waals surface area contributed by atoms with Gasteiger partial charge in [-0.2, -0.15) is 0 Å². The van der Waals surface area contributed by atoms with Crippen molar-refractivity contribution in [1.82, 2.24) is 5.32 Å². The van der Waals surface area contributed by atoms with Gasteiger partial charge in [-0.1, -0.05) is 85.8 Å². The van der Waals surface area contributed by atoms with Gasteiger partial charge in [0.2, 0.25) is 11.8 Å². The number of para-hydroxylation sites is 1. The Morgan fingerprint density at radius 3 is 2.07 bits per heavy atom. The van der Waals surface area contributed by atoms with Gasteiger partial charge in [0.05, 0.1) is 0 Å². The van der Waals surface area contributed by atoms with E-state index in [1.54, 1.807) is 0 Å². The molecule has 1 unspecified atom stereocenters. The number of rotatable bonds is 9. The van der Waals surface area contributed by atoms with E-state index in [2.05, 4.69) is 22.8 Å². The van der Waals surface area contributed by atoms with E-state index in [1.807, 2.05) is 79.7 Å². The quantitative estimate of drug-likeness (QED) is 0.545. The van der Waals surface area contributed by atoms with Gasteiger partial charge < -0.3 is 10.6 Å². The third-order valence-corrected chi connectivity index (χ3v) is 4.92. The Hall–Kier alpha value is -3.40. The molecule has 4 nitrogen and oxygen atoms in total. The molecule has 0 saturated carbocycles. The molecule has 0 spiro atoms. The molecule has 2 N–H and O–H groups in total. The van der Waals surface area contributed by atoms with Crippen LogP contribution in [0.3, 0.4) is 0 Å². The SMILES string of the molecule is CCCC(=O)NC(Cc1ccccc1)C(=O)Nc1ccccc1Cc1ccccc1. The molecule has 3 aromatic rings. The van der Waals surface area contributed by atoms with E-state index in [9.17, 15) is 9.59 Å². The summed E-state index contributed by atoms with van der Waals surface area (Å²) < 4.78 is 0. The predicted octanol–water partition coefficient (Wildman–Crippen LogP) is 4.74. The minimum Gasteiger partial charge on any atom is -0.344 e. The normalized spacial score (nSPS) is 11.5. The average Bonchev–Trinajstić information content (AvgIpc) is 2.76. The minimum atomic E-state index is -0.628. The number of anilines is 1. The second-order valence-corrected chi connectivity index (χ2v) is 7.37. The molecule has 2 amide bonds. The molecule has 0 heterocycles. The molecule has 3 rings (SSSR count). The largest absolute Gasteiger partial charge is 0.344 e. The van der Waals surface area contributed by atoms with Gasteiger partial charge in [0, 0.05) is 18.5 Å². The fourth-order valence-electron chi connectivity index (χ4n) is 3.38. The van der Waals surface area contributed by atoms with Crippen LogP contribution >= 0.6 is 0 Å². The van der Waals surface area contributed by atoms with Crippen molar-refractivity contribution in [2.24, 2.45) is 0 Å². The summed E-state index contributed by atoms with van der Waals surface area (Å²) in [6.07, 6.45) is 2.32. The van der Waals surface area contributed by atoms with Crippen LogP contribution in [-0.4, -0.2) is 17.9 Å². The van der Waals surface area contributed by atoms with E-state index in [1.165, 1.54) is 5.56 Å². The number of hydrogen-bond acceptors (Lipinski definition) is 2. The summed E-state index contributed by atoms with van der Waals surface area (Å²) in [7, 11) is 0. The van der Waals surface area contributed by atoms with Crippen molar-refractivity contribution in [2.75, 3.05) is 5.32 Å². The summed E-state index contributed by atoms with van der Waals surface area (Å²) in [6, 6.07) is 27.1. The lowest BCUT2D eigenvalue weighted by molar-refractivity contribution is -0.126. The lowest BCUT2D eigenvalue weighted by Gasteiger charge is -2.20. The highest BCUT2D eigenvalue weighted by molar-refractivity contribution is 5.98. The number of carbonyl (C=O) groups is 2. The molecule has 0 aliphatic rings. The smallest absolute Gasteiger partial charge is 0.247 e. The number of benzene rings is 3. The van der Waals surface area contributed by atoms with Crippen molar-refractivity contribution >= 4 is 17.5 Å². The van der Waals surface area contributed by atoms with E-state index in [0.717, 1.165) is 29.7 Å². The second-order valence-electron chi connectivity index (χ2n) is 7.37.